The zero-order valence-electron chi connectivity index (χ0n) is 12.4. The smallest absolute Gasteiger partial charge is 0.326 e. The molecule has 0 bridgehead atoms. The van der Waals surface area contributed by atoms with Crippen LogP contribution < -0.4 is 10.1 Å². The summed E-state index contributed by atoms with van der Waals surface area (Å²) in [4.78, 5) is 23.3. The highest BCUT2D eigenvalue weighted by atomic mass is 35.5. The van der Waals surface area contributed by atoms with Crippen LogP contribution in [0.25, 0.3) is 0 Å². The van der Waals surface area contributed by atoms with Gasteiger partial charge in [0, 0.05) is 10.6 Å². The third kappa shape index (κ3) is 4.93. The molecule has 0 aromatic heterocycles. The molecule has 6 heteroatoms. The van der Waals surface area contributed by atoms with E-state index in [1.165, 1.54) is 7.11 Å². The van der Waals surface area contributed by atoms with Gasteiger partial charge in [-0.3, -0.25) is 4.79 Å². The number of rotatable bonds is 7. The van der Waals surface area contributed by atoms with Crippen LogP contribution in [-0.2, 0) is 16.0 Å². The van der Waals surface area contributed by atoms with Crippen molar-refractivity contribution in [2.75, 3.05) is 7.11 Å². The van der Waals surface area contributed by atoms with Crippen LogP contribution in [-0.4, -0.2) is 30.1 Å². The lowest BCUT2D eigenvalue weighted by Crippen LogP contribution is -2.45. The topological polar surface area (TPSA) is 75.6 Å². The highest BCUT2D eigenvalue weighted by Gasteiger charge is 2.25. The predicted octanol–water partition coefficient (Wildman–Crippen LogP) is 2.51. The summed E-state index contributed by atoms with van der Waals surface area (Å²) >= 11 is 5.90. The minimum atomic E-state index is -1.03. The molecular weight excluding hydrogens is 294 g/mol. The molecule has 2 unspecified atom stereocenters. The second-order valence-electron chi connectivity index (χ2n) is 4.90. The maximum absolute atomic E-state index is 12.1. The number of carbonyl (C=O) groups excluding carboxylic acids is 1. The van der Waals surface area contributed by atoms with E-state index in [0.29, 0.717) is 22.8 Å². The minimum absolute atomic E-state index is 0.0178. The first-order valence-corrected chi connectivity index (χ1v) is 7.11. The fraction of sp³-hybridized carbons (Fsp3) is 0.467. The van der Waals surface area contributed by atoms with E-state index in [1.807, 2.05) is 6.92 Å². The van der Waals surface area contributed by atoms with E-state index in [-0.39, 0.29) is 18.2 Å². The molecule has 1 amide bonds. The Morgan fingerprint density at radius 2 is 2.10 bits per heavy atom. The Morgan fingerprint density at radius 3 is 2.62 bits per heavy atom. The zero-order valence-corrected chi connectivity index (χ0v) is 13.1. The number of carbonyl (C=O) groups is 2. The lowest BCUT2D eigenvalue weighted by Gasteiger charge is -2.20. The number of amides is 1. The molecule has 21 heavy (non-hydrogen) atoms. The molecule has 0 saturated carbocycles. The Bertz CT molecular complexity index is 518. The molecule has 0 aliphatic heterocycles. The molecular formula is C15H20ClNO4. The van der Waals surface area contributed by atoms with Crippen molar-refractivity contribution in [2.45, 2.75) is 32.7 Å². The summed E-state index contributed by atoms with van der Waals surface area (Å²) in [5.74, 6) is -1.00. The number of aliphatic carboxylic acids is 1. The van der Waals surface area contributed by atoms with Crippen molar-refractivity contribution in [3.63, 3.8) is 0 Å². The van der Waals surface area contributed by atoms with Crippen molar-refractivity contribution < 1.29 is 19.4 Å². The molecule has 2 N–H and O–H groups in total. The highest BCUT2D eigenvalue weighted by molar-refractivity contribution is 6.30. The molecule has 116 valence electrons. The summed E-state index contributed by atoms with van der Waals surface area (Å²) in [5.41, 5.74) is 0.621. The van der Waals surface area contributed by atoms with Crippen LogP contribution in [0.15, 0.2) is 18.2 Å². The molecule has 0 saturated heterocycles. The van der Waals surface area contributed by atoms with Crippen LogP contribution >= 0.6 is 11.6 Å². The second kappa shape index (κ2) is 7.88. The molecule has 1 aromatic carbocycles. The number of benzene rings is 1. The number of hydrogen-bond donors (Lipinski definition) is 2. The third-order valence-electron chi connectivity index (χ3n) is 3.39. The van der Waals surface area contributed by atoms with Gasteiger partial charge in [-0.2, -0.15) is 0 Å². The summed E-state index contributed by atoms with van der Waals surface area (Å²) < 4.78 is 5.17. The van der Waals surface area contributed by atoms with Gasteiger partial charge in [0.15, 0.2) is 0 Å². The van der Waals surface area contributed by atoms with Gasteiger partial charge in [-0.05, 0) is 24.1 Å². The molecule has 0 spiro atoms. The van der Waals surface area contributed by atoms with Crippen LogP contribution in [0.2, 0.25) is 5.02 Å². The lowest BCUT2D eigenvalue weighted by molar-refractivity contribution is -0.143. The van der Waals surface area contributed by atoms with Crippen LogP contribution in [0.5, 0.6) is 5.75 Å². The molecule has 2 atom stereocenters. The molecule has 5 nitrogen and oxygen atoms in total. The summed E-state index contributed by atoms with van der Waals surface area (Å²) in [6.45, 7) is 3.67. The Labute approximate surface area is 129 Å². The molecule has 0 heterocycles. The second-order valence-corrected chi connectivity index (χ2v) is 5.34. The van der Waals surface area contributed by atoms with Gasteiger partial charge in [0.05, 0.1) is 13.5 Å². The first-order valence-electron chi connectivity index (χ1n) is 6.73. The number of carboxylic acids is 1. The average molecular weight is 314 g/mol. The van der Waals surface area contributed by atoms with Gasteiger partial charge in [0.25, 0.3) is 0 Å². The van der Waals surface area contributed by atoms with Crippen molar-refractivity contribution >= 4 is 23.5 Å². The van der Waals surface area contributed by atoms with Crippen LogP contribution in [0.1, 0.15) is 25.8 Å². The van der Waals surface area contributed by atoms with Crippen LogP contribution in [0, 0.1) is 5.92 Å². The van der Waals surface area contributed by atoms with E-state index in [4.69, 9.17) is 16.3 Å². The SMILES string of the molecule is CCC(C)C(NC(=O)Cc1cc(Cl)ccc1OC)C(=O)O. The molecule has 0 fully saturated rings. The zero-order chi connectivity index (χ0) is 16.0. The van der Waals surface area contributed by atoms with Crippen molar-refractivity contribution in [3.8, 4) is 5.75 Å². The van der Waals surface area contributed by atoms with Crippen molar-refractivity contribution in [3.05, 3.63) is 28.8 Å². The number of hydrogen-bond acceptors (Lipinski definition) is 3. The summed E-state index contributed by atoms with van der Waals surface area (Å²) in [6, 6.07) is 4.08. The molecule has 0 radical (unpaired) electrons. The summed E-state index contributed by atoms with van der Waals surface area (Å²) in [7, 11) is 1.50. The fourth-order valence-corrected chi connectivity index (χ4v) is 2.16. The Hall–Kier alpha value is -1.75. The van der Waals surface area contributed by atoms with E-state index in [1.54, 1.807) is 25.1 Å². The number of halogens is 1. The fourth-order valence-electron chi connectivity index (χ4n) is 1.97. The van der Waals surface area contributed by atoms with Crippen molar-refractivity contribution in [1.82, 2.24) is 5.32 Å². The first-order chi connectivity index (χ1) is 9.88. The quantitative estimate of drug-likeness (QED) is 0.811. The largest absolute Gasteiger partial charge is 0.496 e. The van der Waals surface area contributed by atoms with Gasteiger partial charge in [-0.1, -0.05) is 31.9 Å². The van der Waals surface area contributed by atoms with Crippen molar-refractivity contribution in [2.24, 2.45) is 5.92 Å². The maximum Gasteiger partial charge on any atom is 0.326 e. The van der Waals surface area contributed by atoms with E-state index < -0.39 is 12.0 Å². The van der Waals surface area contributed by atoms with Gasteiger partial charge in [-0.15, -0.1) is 0 Å². The van der Waals surface area contributed by atoms with Gasteiger partial charge in [0.1, 0.15) is 11.8 Å². The number of ether oxygens (including phenoxy) is 1. The van der Waals surface area contributed by atoms with Gasteiger partial charge < -0.3 is 15.2 Å². The molecule has 1 aromatic rings. The van der Waals surface area contributed by atoms with E-state index >= 15 is 0 Å². The maximum atomic E-state index is 12.1. The third-order valence-corrected chi connectivity index (χ3v) is 3.62. The summed E-state index contributed by atoms with van der Waals surface area (Å²) in [5, 5.41) is 12.2. The summed E-state index contributed by atoms with van der Waals surface area (Å²) in [6.07, 6.45) is 0.682. The Balaban J connectivity index is 2.81. The monoisotopic (exact) mass is 313 g/mol. The Morgan fingerprint density at radius 1 is 1.43 bits per heavy atom. The lowest BCUT2D eigenvalue weighted by atomic mass is 9.99. The van der Waals surface area contributed by atoms with Crippen LogP contribution in [0.4, 0.5) is 0 Å². The molecule has 0 aliphatic rings. The minimum Gasteiger partial charge on any atom is -0.496 e. The first kappa shape index (κ1) is 17.3. The van der Waals surface area contributed by atoms with E-state index in [2.05, 4.69) is 5.32 Å². The standard InChI is InChI=1S/C15H20ClNO4/c1-4-9(2)14(15(19)20)17-13(18)8-10-7-11(16)5-6-12(10)21-3/h5-7,9,14H,4,8H2,1-3H3,(H,17,18)(H,19,20). The van der Waals surface area contributed by atoms with Gasteiger partial charge in [0.2, 0.25) is 5.91 Å². The predicted molar refractivity (Wildman–Crippen MR) is 80.7 cm³/mol. The normalized spacial score (nSPS) is 13.3. The number of carboxylic acid groups (broad SMARTS) is 1. The van der Waals surface area contributed by atoms with Crippen molar-refractivity contribution in [1.29, 1.82) is 0 Å². The van der Waals surface area contributed by atoms with E-state index in [9.17, 15) is 14.7 Å². The highest BCUT2D eigenvalue weighted by Crippen LogP contribution is 2.23. The van der Waals surface area contributed by atoms with E-state index in [0.717, 1.165) is 0 Å². The van der Waals surface area contributed by atoms with Gasteiger partial charge in [-0.25, -0.2) is 4.79 Å². The van der Waals surface area contributed by atoms with Gasteiger partial charge >= 0.3 is 5.97 Å². The number of nitrogens with one attached hydrogen (secondary N) is 1. The molecule has 1 rings (SSSR count). The molecule has 0 aliphatic carbocycles. The average Bonchev–Trinajstić information content (AvgIpc) is 2.44. The number of methoxy groups -OCH3 is 1. The van der Waals surface area contributed by atoms with Crippen LogP contribution in [0.3, 0.4) is 0 Å². The Kier molecular flexibility index (Phi) is 6.49.